The van der Waals surface area contributed by atoms with Gasteiger partial charge in [-0.1, -0.05) is 23.4 Å². The first-order valence-electron chi connectivity index (χ1n) is 8.41. The second kappa shape index (κ2) is 6.71. The molecule has 3 heterocycles. The molecular weight excluding hydrogens is 368 g/mol. The van der Waals surface area contributed by atoms with Crippen molar-refractivity contribution in [2.45, 2.75) is 24.7 Å². The molecule has 1 aromatic carbocycles. The highest BCUT2D eigenvalue weighted by molar-refractivity contribution is 7.90. The standard InChI is InChI=1S/C17H18N6O3S/c1-27(25,26)17-18-15-7-8-22(11-14(15)16(24)19-17)9-12-10-23(21-20-12)13-5-3-2-4-6-13/h2-6,10H,7-9,11H2,1H3,(H,18,19,24). The van der Waals surface area contributed by atoms with Crippen LogP contribution in [-0.4, -0.2) is 51.1 Å². The van der Waals surface area contributed by atoms with Gasteiger partial charge in [0.15, 0.2) is 0 Å². The van der Waals surface area contributed by atoms with Crippen LogP contribution in [0.15, 0.2) is 46.5 Å². The number of benzene rings is 1. The Bertz CT molecular complexity index is 1140. The van der Waals surface area contributed by atoms with E-state index in [1.807, 2.05) is 36.5 Å². The van der Waals surface area contributed by atoms with Gasteiger partial charge in [0.25, 0.3) is 5.56 Å². The van der Waals surface area contributed by atoms with E-state index in [0.29, 0.717) is 37.3 Å². The highest BCUT2D eigenvalue weighted by Gasteiger charge is 2.24. The number of nitrogens with one attached hydrogen (secondary N) is 1. The van der Waals surface area contributed by atoms with E-state index in [-0.39, 0.29) is 5.16 Å². The normalized spacial score (nSPS) is 14.9. The zero-order chi connectivity index (χ0) is 19.0. The van der Waals surface area contributed by atoms with Gasteiger partial charge in [-0.15, -0.1) is 5.10 Å². The summed E-state index contributed by atoms with van der Waals surface area (Å²) in [4.78, 5) is 20.9. The molecule has 0 bridgehead atoms. The number of hydrogen-bond acceptors (Lipinski definition) is 7. The average molecular weight is 386 g/mol. The number of sulfone groups is 1. The molecule has 1 N–H and O–H groups in total. The molecule has 1 aliphatic heterocycles. The SMILES string of the molecule is CS(=O)(=O)c1nc2c(c(=O)[nH]1)CN(Cc1cn(-c3ccccc3)nn1)CC2. The predicted octanol–water partition coefficient (Wildman–Crippen LogP) is 0.312. The maximum atomic E-state index is 12.3. The molecule has 2 aromatic heterocycles. The van der Waals surface area contributed by atoms with Crippen molar-refractivity contribution in [3.05, 3.63) is 63.8 Å². The van der Waals surface area contributed by atoms with Crippen molar-refractivity contribution in [2.75, 3.05) is 12.8 Å². The number of H-pyrrole nitrogens is 1. The summed E-state index contributed by atoms with van der Waals surface area (Å²) in [5, 5.41) is 8.07. The van der Waals surface area contributed by atoms with Crippen molar-refractivity contribution >= 4 is 9.84 Å². The topological polar surface area (TPSA) is 114 Å². The summed E-state index contributed by atoms with van der Waals surface area (Å²) in [6.07, 6.45) is 3.40. The third kappa shape index (κ3) is 3.67. The van der Waals surface area contributed by atoms with Gasteiger partial charge >= 0.3 is 0 Å². The van der Waals surface area contributed by atoms with E-state index in [2.05, 4.69) is 25.2 Å². The molecule has 0 radical (unpaired) electrons. The molecule has 1 aliphatic rings. The van der Waals surface area contributed by atoms with Gasteiger partial charge in [0.1, 0.15) is 0 Å². The van der Waals surface area contributed by atoms with Crippen molar-refractivity contribution in [3.63, 3.8) is 0 Å². The molecule has 27 heavy (non-hydrogen) atoms. The monoisotopic (exact) mass is 386 g/mol. The van der Waals surface area contributed by atoms with Crippen LogP contribution < -0.4 is 5.56 Å². The van der Waals surface area contributed by atoms with Crippen molar-refractivity contribution in [2.24, 2.45) is 0 Å². The largest absolute Gasteiger partial charge is 0.297 e. The highest BCUT2D eigenvalue weighted by atomic mass is 32.2. The Morgan fingerprint density at radius 2 is 2.00 bits per heavy atom. The average Bonchev–Trinajstić information content (AvgIpc) is 3.10. The van der Waals surface area contributed by atoms with Gasteiger partial charge in [0, 0.05) is 32.3 Å². The minimum absolute atomic E-state index is 0.273. The second-order valence-corrected chi connectivity index (χ2v) is 8.45. The molecule has 0 saturated carbocycles. The minimum atomic E-state index is -3.55. The van der Waals surface area contributed by atoms with Crippen LogP contribution in [0.25, 0.3) is 5.69 Å². The number of hydrogen-bond donors (Lipinski definition) is 1. The summed E-state index contributed by atoms with van der Waals surface area (Å²) in [5.41, 5.74) is 2.36. The summed E-state index contributed by atoms with van der Waals surface area (Å²) in [6.45, 7) is 1.59. The summed E-state index contributed by atoms with van der Waals surface area (Å²) in [7, 11) is -3.55. The van der Waals surface area contributed by atoms with Crippen LogP contribution >= 0.6 is 0 Å². The van der Waals surface area contributed by atoms with E-state index in [9.17, 15) is 13.2 Å². The molecule has 10 heteroatoms. The lowest BCUT2D eigenvalue weighted by atomic mass is 10.1. The molecule has 9 nitrogen and oxygen atoms in total. The Hall–Kier alpha value is -2.85. The Kier molecular flexibility index (Phi) is 4.36. The van der Waals surface area contributed by atoms with E-state index in [1.165, 1.54) is 0 Å². The summed E-state index contributed by atoms with van der Waals surface area (Å²) < 4.78 is 25.0. The van der Waals surface area contributed by atoms with Crippen molar-refractivity contribution in [1.82, 2.24) is 29.9 Å². The number of aromatic amines is 1. The van der Waals surface area contributed by atoms with Crippen LogP contribution in [0, 0.1) is 0 Å². The van der Waals surface area contributed by atoms with Crippen molar-refractivity contribution in [3.8, 4) is 5.69 Å². The lowest BCUT2D eigenvalue weighted by Gasteiger charge is -2.26. The van der Waals surface area contributed by atoms with E-state index in [1.54, 1.807) is 4.68 Å². The molecule has 3 aromatic rings. The molecule has 0 atom stereocenters. The van der Waals surface area contributed by atoms with Crippen LogP contribution in [0.5, 0.6) is 0 Å². The van der Waals surface area contributed by atoms with E-state index < -0.39 is 15.4 Å². The van der Waals surface area contributed by atoms with Gasteiger partial charge in [-0.2, -0.15) is 0 Å². The minimum Gasteiger partial charge on any atom is -0.297 e. The fourth-order valence-corrected chi connectivity index (χ4v) is 3.63. The molecule has 0 amide bonds. The molecular formula is C17H18N6O3S. The van der Waals surface area contributed by atoms with Gasteiger partial charge in [-0.25, -0.2) is 18.1 Å². The number of rotatable bonds is 4. The molecule has 0 aliphatic carbocycles. The molecule has 0 unspecified atom stereocenters. The first kappa shape index (κ1) is 17.6. The smallest absolute Gasteiger partial charge is 0.256 e. The lowest BCUT2D eigenvalue weighted by Crippen LogP contribution is -2.36. The quantitative estimate of drug-likeness (QED) is 0.642. The van der Waals surface area contributed by atoms with E-state index >= 15 is 0 Å². The first-order chi connectivity index (χ1) is 12.9. The Morgan fingerprint density at radius 3 is 2.74 bits per heavy atom. The maximum absolute atomic E-state index is 12.3. The molecule has 0 saturated heterocycles. The number of aromatic nitrogens is 5. The van der Waals surface area contributed by atoms with Gasteiger partial charge in [0.2, 0.25) is 15.0 Å². The summed E-state index contributed by atoms with van der Waals surface area (Å²) >= 11 is 0. The molecule has 0 spiro atoms. The Balaban J connectivity index is 1.53. The van der Waals surface area contributed by atoms with Gasteiger partial charge in [-0.3, -0.25) is 14.7 Å². The van der Waals surface area contributed by atoms with Gasteiger partial charge in [0.05, 0.1) is 28.8 Å². The van der Waals surface area contributed by atoms with Crippen molar-refractivity contribution in [1.29, 1.82) is 0 Å². The van der Waals surface area contributed by atoms with Crippen LogP contribution in [-0.2, 0) is 29.3 Å². The molecule has 0 fully saturated rings. The van der Waals surface area contributed by atoms with Gasteiger partial charge < -0.3 is 0 Å². The summed E-state index contributed by atoms with van der Waals surface area (Å²) in [5.74, 6) is 0. The molecule has 140 valence electrons. The zero-order valence-corrected chi connectivity index (χ0v) is 15.5. The zero-order valence-electron chi connectivity index (χ0n) is 14.7. The number of para-hydroxylation sites is 1. The Labute approximate surface area is 155 Å². The number of nitrogens with zero attached hydrogens (tertiary/aromatic N) is 5. The molecule has 4 rings (SSSR count). The summed E-state index contributed by atoms with van der Waals surface area (Å²) in [6, 6.07) is 9.69. The maximum Gasteiger partial charge on any atom is 0.256 e. The fourth-order valence-electron chi connectivity index (χ4n) is 3.08. The van der Waals surface area contributed by atoms with Crippen LogP contribution in [0.1, 0.15) is 17.0 Å². The fraction of sp³-hybridized carbons (Fsp3) is 0.294. The Morgan fingerprint density at radius 1 is 1.22 bits per heavy atom. The van der Waals surface area contributed by atoms with E-state index in [4.69, 9.17) is 0 Å². The third-order valence-corrected chi connectivity index (χ3v) is 5.32. The first-order valence-corrected chi connectivity index (χ1v) is 10.3. The lowest BCUT2D eigenvalue weighted by molar-refractivity contribution is 0.238. The van der Waals surface area contributed by atoms with E-state index in [0.717, 1.165) is 17.6 Å². The second-order valence-electron chi connectivity index (χ2n) is 6.52. The predicted molar refractivity (Wildman–Crippen MR) is 97.1 cm³/mol. The van der Waals surface area contributed by atoms with Gasteiger partial charge in [-0.05, 0) is 12.1 Å². The number of fused-ring (bicyclic) bond motifs is 1. The van der Waals surface area contributed by atoms with Crippen LogP contribution in [0.4, 0.5) is 0 Å². The highest BCUT2D eigenvalue weighted by Crippen LogP contribution is 2.17. The third-order valence-electron chi connectivity index (χ3n) is 4.42. The van der Waals surface area contributed by atoms with Crippen molar-refractivity contribution < 1.29 is 8.42 Å². The van der Waals surface area contributed by atoms with Crippen LogP contribution in [0.2, 0.25) is 0 Å². The van der Waals surface area contributed by atoms with Crippen LogP contribution in [0.3, 0.4) is 0 Å².